The van der Waals surface area contributed by atoms with Gasteiger partial charge < -0.3 is 15.2 Å². The van der Waals surface area contributed by atoms with Crippen LogP contribution in [0, 0.1) is 0 Å². The first-order valence-electron chi connectivity index (χ1n) is 7.43. The Balaban J connectivity index is 2.06. The van der Waals surface area contributed by atoms with E-state index in [0.717, 1.165) is 29.8 Å². The summed E-state index contributed by atoms with van der Waals surface area (Å²) in [4.78, 5) is 0. The van der Waals surface area contributed by atoms with E-state index in [4.69, 9.17) is 4.74 Å². The Morgan fingerprint density at radius 2 is 1.95 bits per heavy atom. The van der Waals surface area contributed by atoms with Crippen molar-refractivity contribution >= 4 is 0 Å². The van der Waals surface area contributed by atoms with E-state index in [0.29, 0.717) is 6.61 Å². The summed E-state index contributed by atoms with van der Waals surface area (Å²) >= 11 is 0. The lowest BCUT2D eigenvalue weighted by Crippen LogP contribution is -2.19. The lowest BCUT2D eigenvalue weighted by molar-refractivity contribution is 0.299. The third-order valence-corrected chi connectivity index (χ3v) is 3.39. The van der Waals surface area contributed by atoms with E-state index in [9.17, 15) is 5.11 Å². The molecule has 2 rings (SSSR count). The fourth-order valence-corrected chi connectivity index (χ4v) is 2.25. The van der Waals surface area contributed by atoms with E-state index in [1.807, 2.05) is 30.3 Å². The molecule has 0 saturated heterocycles. The van der Waals surface area contributed by atoms with E-state index in [2.05, 4.69) is 25.2 Å². The van der Waals surface area contributed by atoms with Crippen LogP contribution in [0.15, 0.2) is 48.5 Å². The van der Waals surface area contributed by atoms with Gasteiger partial charge in [-0.3, -0.25) is 0 Å². The molecule has 112 valence electrons. The molecule has 1 unspecified atom stereocenters. The Bertz CT molecular complexity index is 569. The van der Waals surface area contributed by atoms with Gasteiger partial charge in [0.05, 0.1) is 0 Å². The van der Waals surface area contributed by atoms with Gasteiger partial charge in [0.15, 0.2) is 0 Å². The molecule has 0 aliphatic carbocycles. The summed E-state index contributed by atoms with van der Waals surface area (Å²) in [6, 6.07) is 15.5. The van der Waals surface area contributed by atoms with Gasteiger partial charge in [0.25, 0.3) is 0 Å². The van der Waals surface area contributed by atoms with Crippen LogP contribution in [0.25, 0.3) is 0 Å². The van der Waals surface area contributed by atoms with Crippen molar-refractivity contribution in [2.24, 2.45) is 0 Å². The SMILES string of the molecule is CCCNC(C)c1ccccc1OCc1cccc(O)c1. The van der Waals surface area contributed by atoms with Crippen LogP contribution < -0.4 is 10.1 Å². The van der Waals surface area contributed by atoms with Gasteiger partial charge in [-0.05, 0) is 43.7 Å². The van der Waals surface area contributed by atoms with E-state index in [1.165, 1.54) is 0 Å². The Hall–Kier alpha value is -2.00. The molecular formula is C18H23NO2. The van der Waals surface area contributed by atoms with Crippen molar-refractivity contribution in [2.75, 3.05) is 6.54 Å². The summed E-state index contributed by atoms with van der Waals surface area (Å²) in [5.41, 5.74) is 2.12. The first-order valence-corrected chi connectivity index (χ1v) is 7.43. The first-order chi connectivity index (χ1) is 10.2. The van der Waals surface area contributed by atoms with Gasteiger partial charge in [-0.25, -0.2) is 0 Å². The van der Waals surface area contributed by atoms with Gasteiger partial charge in [0.2, 0.25) is 0 Å². The first kappa shape index (κ1) is 15.4. The zero-order valence-electron chi connectivity index (χ0n) is 12.7. The standard InChI is InChI=1S/C18H23NO2/c1-3-11-19-14(2)17-9-4-5-10-18(17)21-13-15-7-6-8-16(20)12-15/h4-10,12,14,19-20H,3,11,13H2,1-2H3. The van der Waals surface area contributed by atoms with Crippen LogP contribution in [-0.2, 0) is 6.61 Å². The molecule has 0 amide bonds. The highest BCUT2D eigenvalue weighted by molar-refractivity contribution is 5.36. The van der Waals surface area contributed by atoms with Gasteiger partial charge >= 0.3 is 0 Å². The zero-order chi connectivity index (χ0) is 15.1. The van der Waals surface area contributed by atoms with Gasteiger partial charge in [0, 0.05) is 11.6 Å². The average molecular weight is 285 g/mol. The normalized spacial score (nSPS) is 12.1. The number of rotatable bonds is 7. The van der Waals surface area contributed by atoms with Crippen molar-refractivity contribution in [3.63, 3.8) is 0 Å². The maximum Gasteiger partial charge on any atom is 0.124 e. The largest absolute Gasteiger partial charge is 0.508 e. The number of ether oxygens (including phenoxy) is 1. The van der Waals surface area contributed by atoms with Crippen LogP contribution in [-0.4, -0.2) is 11.7 Å². The second-order valence-electron chi connectivity index (χ2n) is 5.17. The molecule has 1 atom stereocenters. The van der Waals surface area contributed by atoms with E-state index >= 15 is 0 Å². The predicted molar refractivity (Wildman–Crippen MR) is 85.6 cm³/mol. The highest BCUT2D eigenvalue weighted by Gasteiger charge is 2.10. The predicted octanol–water partition coefficient (Wildman–Crippen LogP) is 4.03. The second-order valence-corrected chi connectivity index (χ2v) is 5.17. The monoisotopic (exact) mass is 285 g/mol. The van der Waals surface area contributed by atoms with Crippen LogP contribution in [0.3, 0.4) is 0 Å². The number of hydrogen-bond acceptors (Lipinski definition) is 3. The van der Waals surface area contributed by atoms with E-state index in [1.54, 1.807) is 12.1 Å². The molecule has 0 aliphatic heterocycles. The molecule has 0 fully saturated rings. The van der Waals surface area contributed by atoms with Gasteiger partial charge in [0.1, 0.15) is 18.1 Å². The van der Waals surface area contributed by atoms with E-state index in [-0.39, 0.29) is 11.8 Å². The maximum absolute atomic E-state index is 9.48. The molecule has 0 aromatic heterocycles. The van der Waals surface area contributed by atoms with Gasteiger partial charge in [-0.2, -0.15) is 0 Å². The quantitative estimate of drug-likeness (QED) is 0.807. The number of phenols is 1. The number of phenolic OH excluding ortho intramolecular Hbond substituents is 1. The second kappa shape index (κ2) is 7.70. The minimum atomic E-state index is 0.255. The zero-order valence-corrected chi connectivity index (χ0v) is 12.7. The number of para-hydroxylation sites is 1. The summed E-state index contributed by atoms with van der Waals surface area (Å²) < 4.78 is 5.93. The molecule has 0 bridgehead atoms. The molecule has 0 radical (unpaired) electrons. The Kier molecular flexibility index (Phi) is 5.64. The topological polar surface area (TPSA) is 41.5 Å². The van der Waals surface area contributed by atoms with Crippen molar-refractivity contribution in [3.05, 3.63) is 59.7 Å². The van der Waals surface area contributed by atoms with Crippen LogP contribution in [0.1, 0.15) is 37.4 Å². The molecule has 21 heavy (non-hydrogen) atoms. The van der Waals surface area contributed by atoms with Gasteiger partial charge in [-0.15, -0.1) is 0 Å². The lowest BCUT2D eigenvalue weighted by Gasteiger charge is -2.18. The number of aromatic hydroxyl groups is 1. The summed E-state index contributed by atoms with van der Waals surface area (Å²) in [6.07, 6.45) is 1.11. The molecule has 3 heteroatoms. The Morgan fingerprint density at radius 1 is 1.14 bits per heavy atom. The maximum atomic E-state index is 9.48. The fourth-order valence-electron chi connectivity index (χ4n) is 2.25. The minimum absolute atomic E-state index is 0.255. The Morgan fingerprint density at radius 3 is 2.71 bits per heavy atom. The van der Waals surface area contributed by atoms with Crippen molar-refractivity contribution in [1.29, 1.82) is 0 Å². The minimum Gasteiger partial charge on any atom is -0.508 e. The number of hydrogen-bond donors (Lipinski definition) is 2. The number of nitrogens with one attached hydrogen (secondary N) is 1. The molecular weight excluding hydrogens is 262 g/mol. The lowest BCUT2D eigenvalue weighted by atomic mass is 10.1. The summed E-state index contributed by atoms with van der Waals surface area (Å²) in [5.74, 6) is 1.15. The van der Waals surface area contributed by atoms with Crippen molar-refractivity contribution in [2.45, 2.75) is 32.9 Å². The highest BCUT2D eigenvalue weighted by atomic mass is 16.5. The molecule has 2 aromatic rings. The molecule has 0 saturated carbocycles. The molecule has 2 aromatic carbocycles. The molecule has 0 heterocycles. The third kappa shape index (κ3) is 4.50. The smallest absolute Gasteiger partial charge is 0.124 e. The molecule has 0 spiro atoms. The summed E-state index contributed by atoms with van der Waals surface area (Å²) in [7, 11) is 0. The fraction of sp³-hybridized carbons (Fsp3) is 0.333. The molecule has 0 aliphatic rings. The van der Waals surface area contributed by atoms with Crippen LogP contribution in [0.4, 0.5) is 0 Å². The van der Waals surface area contributed by atoms with Crippen molar-refractivity contribution in [3.8, 4) is 11.5 Å². The molecule has 2 N–H and O–H groups in total. The Labute approximate surface area is 126 Å². The number of benzene rings is 2. The van der Waals surface area contributed by atoms with Gasteiger partial charge in [-0.1, -0.05) is 37.3 Å². The van der Waals surface area contributed by atoms with Crippen LogP contribution in [0.2, 0.25) is 0 Å². The van der Waals surface area contributed by atoms with E-state index < -0.39 is 0 Å². The summed E-state index contributed by atoms with van der Waals surface area (Å²) in [5, 5.41) is 13.0. The van der Waals surface area contributed by atoms with Crippen LogP contribution >= 0.6 is 0 Å². The van der Waals surface area contributed by atoms with Crippen molar-refractivity contribution in [1.82, 2.24) is 5.32 Å². The summed E-state index contributed by atoms with van der Waals surface area (Å²) in [6.45, 7) is 5.74. The highest BCUT2D eigenvalue weighted by Crippen LogP contribution is 2.26. The van der Waals surface area contributed by atoms with Crippen molar-refractivity contribution < 1.29 is 9.84 Å². The molecule has 3 nitrogen and oxygen atoms in total. The average Bonchev–Trinajstić information content (AvgIpc) is 2.51. The third-order valence-electron chi connectivity index (χ3n) is 3.39. The van der Waals surface area contributed by atoms with Crippen LogP contribution in [0.5, 0.6) is 11.5 Å².